The van der Waals surface area contributed by atoms with Crippen molar-refractivity contribution in [1.82, 2.24) is 20.2 Å². The number of fused-ring (bicyclic) bond motifs is 1. The predicted molar refractivity (Wildman–Crippen MR) is 89.6 cm³/mol. The lowest BCUT2D eigenvalue weighted by atomic mass is 10.0. The Hall–Kier alpha value is -2.37. The lowest BCUT2D eigenvalue weighted by Gasteiger charge is -2.38. The minimum absolute atomic E-state index is 0.0677. The Bertz CT molecular complexity index is 747. The van der Waals surface area contributed by atoms with Crippen LogP contribution in [0.2, 0.25) is 0 Å². The molecule has 1 aromatic heterocycles. The number of hydrogen-bond donors (Lipinski definition) is 1. The van der Waals surface area contributed by atoms with Crippen LogP contribution in [0.25, 0.3) is 11.0 Å². The molecule has 120 valence electrons. The Balaban J connectivity index is 1.62. The maximum Gasteiger partial charge on any atom is 0.317 e. The number of rotatable bonds is 2. The molecule has 0 aliphatic carbocycles. The summed E-state index contributed by atoms with van der Waals surface area (Å²) in [5, 5.41) is 2.90. The van der Waals surface area contributed by atoms with E-state index in [1.165, 1.54) is 0 Å². The lowest BCUT2D eigenvalue weighted by molar-refractivity contribution is 0.189. The van der Waals surface area contributed by atoms with Gasteiger partial charge in [0, 0.05) is 26.2 Å². The van der Waals surface area contributed by atoms with Gasteiger partial charge in [0.05, 0.1) is 22.8 Å². The van der Waals surface area contributed by atoms with Gasteiger partial charge in [0.2, 0.25) is 0 Å². The zero-order chi connectivity index (χ0) is 15.8. The second-order valence-electron chi connectivity index (χ2n) is 6.29. The van der Waals surface area contributed by atoms with Gasteiger partial charge in [-0.3, -0.25) is 0 Å². The van der Waals surface area contributed by atoms with E-state index in [9.17, 15) is 4.79 Å². The molecule has 1 N–H and O–H groups in total. The van der Waals surface area contributed by atoms with Gasteiger partial charge in [-0.1, -0.05) is 12.1 Å². The molecule has 2 amide bonds. The van der Waals surface area contributed by atoms with Crippen LogP contribution < -0.4 is 10.2 Å². The molecule has 2 saturated heterocycles. The highest BCUT2D eigenvalue weighted by Gasteiger charge is 2.32. The minimum Gasteiger partial charge on any atom is -0.353 e. The second-order valence-corrected chi connectivity index (χ2v) is 6.29. The SMILES string of the molecule is Cc1nc2ccccc2nc1N1CCCC(N2CCNC2=O)C1. The average Bonchev–Trinajstić information content (AvgIpc) is 3.00. The van der Waals surface area contributed by atoms with Gasteiger partial charge in [0.1, 0.15) is 0 Å². The summed E-state index contributed by atoms with van der Waals surface area (Å²) in [7, 11) is 0. The van der Waals surface area contributed by atoms with E-state index in [4.69, 9.17) is 9.97 Å². The fourth-order valence-electron chi connectivity index (χ4n) is 3.61. The smallest absolute Gasteiger partial charge is 0.317 e. The van der Waals surface area contributed by atoms with E-state index >= 15 is 0 Å². The molecular weight excluding hydrogens is 290 g/mol. The van der Waals surface area contributed by atoms with E-state index in [0.717, 1.165) is 61.6 Å². The van der Waals surface area contributed by atoms with Crippen LogP contribution in [0.5, 0.6) is 0 Å². The maximum absolute atomic E-state index is 11.9. The zero-order valence-corrected chi connectivity index (χ0v) is 13.3. The minimum atomic E-state index is 0.0677. The van der Waals surface area contributed by atoms with E-state index in [1.807, 2.05) is 36.1 Å². The van der Waals surface area contributed by atoms with Gasteiger partial charge in [-0.05, 0) is 31.9 Å². The number of amides is 2. The number of para-hydroxylation sites is 2. The number of carbonyl (C=O) groups excluding carboxylic acids is 1. The highest BCUT2D eigenvalue weighted by molar-refractivity contribution is 5.77. The number of aromatic nitrogens is 2. The Kier molecular flexibility index (Phi) is 3.52. The highest BCUT2D eigenvalue weighted by Crippen LogP contribution is 2.25. The molecule has 2 aromatic rings. The summed E-state index contributed by atoms with van der Waals surface area (Å²) in [6, 6.07) is 8.30. The first-order valence-electron chi connectivity index (χ1n) is 8.25. The van der Waals surface area contributed by atoms with E-state index in [2.05, 4.69) is 10.2 Å². The molecule has 0 bridgehead atoms. The Morgan fingerprint density at radius 1 is 1.17 bits per heavy atom. The molecule has 23 heavy (non-hydrogen) atoms. The summed E-state index contributed by atoms with van der Waals surface area (Å²) in [5.74, 6) is 0.952. The van der Waals surface area contributed by atoms with Gasteiger partial charge in [-0.2, -0.15) is 0 Å². The molecule has 6 nitrogen and oxygen atoms in total. The molecule has 3 heterocycles. The van der Waals surface area contributed by atoms with Crippen LogP contribution >= 0.6 is 0 Å². The first-order chi connectivity index (χ1) is 11.2. The number of anilines is 1. The lowest BCUT2D eigenvalue weighted by Crippen LogP contribution is -2.49. The zero-order valence-electron chi connectivity index (χ0n) is 13.3. The van der Waals surface area contributed by atoms with Crippen molar-refractivity contribution >= 4 is 22.9 Å². The van der Waals surface area contributed by atoms with Crippen LogP contribution in [0.4, 0.5) is 10.6 Å². The quantitative estimate of drug-likeness (QED) is 0.920. The normalized spacial score (nSPS) is 21.8. The van der Waals surface area contributed by atoms with E-state index in [0.29, 0.717) is 0 Å². The average molecular weight is 311 g/mol. The molecular formula is C17H21N5O. The topological polar surface area (TPSA) is 61.4 Å². The monoisotopic (exact) mass is 311 g/mol. The summed E-state index contributed by atoms with van der Waals surface area (Å²) < 4.78 is 0. The third-order valence-electron chi connectivity index (χ3n) is 4.75. The fraction of sp³-hybridized carbons (Fsp3) is 0.471. The van der Waals surface area contributed by atoms with Crippen LogP contribution in [-0.2, 0) is 0 Å². The van der Waals surface area contributed by atoms with Gasteiger partial charge in [-0.25, -0.2) is 14.8 Å². The molecule has 2 aliphatic heterocycles. The number of aryl methyl sites for hydroxylation is 1. The molecule has 0 radical (unpaired) electrons. The number of urea groups is 1. The summed E-state index contributed by atoms with van der Waals surface area (Å²) in [6.07, 6.45) is 2.13. The number of benzene rings is 1. The van der Waals surface area contributed by atoms with Gasteiger partial charge in [-0.15, -0.1) is 0 Å². The molecule has 1 aromatic carbocycles. The first-order valence-corrected chi connectivity index (χ1v) is 8.25. The highest BCUT2D eigenvalue weighted by atomic mass is 16.2. The summed E-state index contributed by atoms with van der Waals surface area (Å²) >= 11 is 0. The Morgan fingerprint density at radius 2 is 1.96 bits per heavy atom. The van der Waals surface area contributed by atoms with E-state index in [1.54, 1.807) is 0 Å². The molecule has 0 spiro atoms. The molecule has 0 saturated carbocycles. The van der Waals surface area contributed by atoms with Crippen LogP contribution in [0, 0.1) is 6.92 Å². The number of nitrogens with one attached hydrogen (secondary N) is 1. The molecule has 2 fully saturated rings. The maximum atomic E-state index is 11.9. The number of carbonyl (C=O) groups is 1. The third kappa shape index (κ3) is 2.58. The van der Waals surface area contributed by atoms with Crippen molar-refractivity contribution in [2.75, 3.05) is 31.1 Å². The molecule has 4 rings (SSSR count). The van der Waals surface area contributed by atoms with Gasteiger partial charge >= 0.3 is 6.03 Å². The van der Waals surface area contributed by atoms with Crippen molar-refractivity contribution < 1.29 is 4.79 Å². The van der Waals surface area contributed by atoms with Crippen molar-refractivity contribution in [1.29, 1.82) is 0 Å². The van der Waals surface area contributed by atoms with Gasteiger partial charge < -0.3 is 15.1 Å². The number of hydrogen-bond acceptors (Lipinski definition) is 4. The van der Waals surface area contributed by atoms with Crippen molar-refractivity contribution in [3.63, 3.8) is 0 Å². The number of nitrogens with zero attached hydrogens (tertiary/aromatic N) is 4. The van der Waals surface area contributed by atoms with Gasteiger partial charge in [0.25, 0.3) is 0 Å². The van der Waals surface area contributed by atoms with E-state index < -0.39 is 0 Å². The molecule has 6 heteroatoms. The van der Waals surface area contributed by atoms with Crippen molar-refractivity contribution in [3.05, 3.63) is 30.0 Å². The van der Waals surface area contributed by atoms with Crippen LogP contribution in [0.15, 0.2) is 24.3 Å². The Labute approximate surface area is 135 Å². The van der Waals surface area contributed by atoms with E-state index in [-0.39, 0.29) is 12.1 Å². The summed E-state index contributed by atoms with van der Waals surface area (Å²) in [4.78, 5) is 25.7. The van der Waals surface area contributed by atoms with Crippen LogP contribution in [0.3, 0.4) is 0 Å². The van der Waals surface area contributed by atoms with Crippen molar-refractivity contribution in [3.8, 4) is 0 Å². The molecule has 2 aliphatic rings. The van der Waals surface area contributed by atoms with Gasteiger partial charge in [0.15, 0.2) is 5.82 Å². The first kappa shape index (κ1) is 14.2. The summed E-state index contributed by atoms with van der Waals surface area (Å²) in [5.41, 5.74) is 2.81. The van der Waals surface area contributed by atoms with Crippen LogP contribution in [-0.4, -0.2) is 53.1 Å². The largest absolute Gasteiger partial charge is 0.353 e. The van der Waals surface area contributed by atoms with Crippen LogP contribution in [0.1, 0.15) is 18.5 Å². The predicted octanol–water partition coefficient (Wildman–Crippen LogP) is 1.93. The molecule has 1 unspecified atom stereocenters. The fourth-order valence-corrected chi connectivity index (χ4v) is 3.61. The molecule has 1 atom stereocenters. The Morgan fingerprint density at radius 3 is 2.70 bits per heavy atom. The second kappa shape index (κ2) is 5.68. The van der Waals surface area contributed by atoms with Crippen molar-refractivity contribution in [2.24, 2.45) is 0 Å². The number of piperidine rings is 1. The van der Waals surface area contributed by atoms with Crippen molar-refractivity contribution in [2.45, 2.75) is 25.8 Å². The standard InChI is InChI=1S/C17H21N5O/c1-12-16(20-15-7-3-2-6-14(15)19-12)21-9-4-5-13(11-21)22-10-8-18-17(22)23/h2-3,6-7,13H,4-5,8-11H2,1H3,(H,18,23). The summed E-state index contributed by atoms with van der Waals surface area (Å²) in [6.45, 7) is 5.38. The third-order valence-corrected chi connectivity index (χ3v) is 4.75.